The van der Waals surface area contributed by atoms with Crippen LogP contribution in [0.5, 0.6) is 0 Å². The van der Waals surface area contributed by atoms with E-state index < -0.39 is 0 Å². The Labute approximate surface area is 44.4 Å². The van der Waals surface area contributed by atoms with Crippen LogP contribution in [-0.2, 0) is 0 Å². The maximum absolute atomic E-state index is 5.02. The molecule has 0 aliphatic heterocycles. The molecule has 0 spiro atoms. The van der Waals surface area contributed by atoms with Gasteiger partial charge in [0.15, 0.2) is 0 Å². The molecule has 0 radical (unpaired) electrons. The summed E-state index contributed by atoms with van der Waals surface area (Å²) in [6.45, 7) is 7.70. The molecule has 2 heteroatoms. The van der Waals surface area contributed by atoms with Crippen LogP contribution in [0.1, 0.15) is 13.8 Å². The van der Waals surface area contributed by atoms with E-state index in [0.717, 1.165) is 5.70 Å². The fraction of sp³-hybridized carbons (Fsp3) is 0.600. The highest BCUT2D eigenvalue weighted by Gasteiger charge is 1.92. The Morgan fingerprint density at radius 3 is 2.14 bits per heavy atom. The SMILES string of the molecule is C=C(NN)C(C)C. The van der Waals surface area contributed by atoms with Gasteiger partial charge in [0.05, 0.1) is 0 Å². The van der Waals surface area contributed by atoms with Crippen molar-refractivity contribution in [3.63, 3.8) is 0 Å². The highest BCUT2D eigenvalue weighted by atomic mass is 15.2. The van der Waals surface area contributed by atoms with E-state index in [1.165, 1.54) is 0 Å². The van der Waals surface area contributed by atoms with Gasteiger partial charge in [-0.1, -0.05) is 20.4 Å². The molecule has 0 aliphatic carbocycles. The first-order chi connectivity index (χ1) is 3.18. The number of nitrogens with two attached hydrogens (primary N) is 1. The molecule has 0 atom stereocenters. The van der Waals surface area contributed by atoms with Gasteiger partial charge < -0.3 is 5.43 Å². The van der Waals surface area contributed by atoms with Crippen molar-refractivity contribution in [2.45, 2.75) is 13.8 Å². The molecule has 0 aromatic heterocycles. The fourth-order valence-electron chi connectivity index (χ4n) is 0.167. The van der Waals surface area contributed by atoms with Crippen LogP contribution in [0.2, 0.25) is 0 Å². The lowest BCUT2D eigenvalue weighted by atomic mass is 10.2. The summed E-state index contributed by atoms with van der Waals surface area (Å²) in [7, 11) is 0. The van der Waals surface area contributed by atoms with Crippen molar-refractivity contribution < 1.29 is 0 Å². The van der Waals surface area contributed by atoms with Crippen LogP contribution in [0.3, 0.4) is 0 Å². The molecular weight excluding hydrogens is 88.1 g/mol. The quantitative estimate of drug-likeness (QED) is 0.394. The molecule has 0 amide bonds. The standard InChI is InChI=1S/C5H12N2/c1-4(2)5(3)7-6/h4,7H,3,6H2,1-2H3. The van der Waals surface area contributed by atoms with Gasteiger partial charge in [0.25, 0.3) is 0 Å². The molecule has 0 saturated heterocycles. The predicted molar refractivity (Wildman–Crippen MR) is 31.3 cm³/mol. The first-order valence-corrected chi connectivity index (χ1v) is 2.34. The number of nitrogens with one attached hydrogen (secondary N) is 1. The number of rotatable bonds is 2. The summed E-state index contributed by atoms with van der Waals surface area (Å²) >= 11 is 0. The van der Waals surface area contributed by atoms with Crippen molar-refractivity contribution in [2.75, 3.05) is 0 Å². The van der Waals surface area contributed by atoms with Gasteiger partial charge in [-0.15, -0.1) is 0 Å². The highest BCUT2D eigenvalue weighted by molar-refractivity contribution is 4.91. The van der Waals surface area contributed by atoms with Crippen molar-refractivity contribution in [3.8, 4) is 0 Å². The smallest absolute Gasteiger partial charge is 0.0213 e. The van der Waals surface area contributed by atoms with Gasteiger partial charge in [-0.05, 0) is 5.92 Å². The van der Waals surface area contributed by atoms with E-state index in [-0.39, 0.29) is 0 Å². The Bertz CT molecular complexity index is 66.5. The molecule has 7 heavy (non-hydrogen) atoms. The molecule has 0 aliphatic rings. The molecule has 3 N–H and O–H groups in total. The zero-order valence-electron chi connectivity index (χ0n) is 4.86. The molecule has 0 fully saturated rings. The largest absolute Gasteiger partial charge is 0.329 e. The van der Waals surface area contributed by atoms with Crippen LogP contribution >= 0.6 is 0 Å². The topological polar surface area (TPSA) is 38.0 Å². The summed E-state index contributed by atoms with van der Waals surface area (Å²) in [4.78, 5) is 0. The molecule has 0 bridgehead atoms. The third-order valence-electron chi connectivity index (χ3n) is 0.882. The second-order valence-corrected chi connectivity index (χ2v) is 1.82. The lowest BCUT2D eigenvalue weighted by Crippen LogP contribution is -2.23. The maximum atomic E-state index is 5.02. The van der Waals surface area contributed by atoms with E-state index in [9.17, 15) is 0 Å². The van der Waals surface area contributed by atoms with Crippen LogP contribution in [0.25, 0.3) is 0 Å². The van der Waals surface area contributed by atoms with Crippen molar-refractivity contribution >= 4 is 0 Å². The van der Waals surface area contributed by atoms with Crippen LogP contribution < -0.4 is 11.3 Å². The Kier molecular flexibility index (Phi) is 2.45. The molecule has 0 aromatic carbocycles. The Hall–Kier alpha value is -0.500. The molecule has 0 rings (SSSR count). The van der Waals surface area contributed by atoms with E-state index in [1.807, 2.05) is 13.8 Å². The third-order valence-corrected chi connectivity index (χ3v) is 0.882. The van der Waals surface area contributed by atoms with Crippen molar-refractivity contribution in [2.24, 2.45) is 11.8 Å². The Morgan fingerprint density at radius 2 is 2.14 bits per heavy atom. The third kappa shape index (κ3) is 2.23. The van der Waals surface area contributed by atoms with E-state index in [1.54, 1.807) is 0 Å². The Morgan fingerprint density at radius 1 is 1.71 bits per heavy atom. The van der Waals surface area contributed by atoms with E-state index in [4.69, 9.17) is 5.84 Å². The second kappa shape index (κ2) is 2.64. The normalized spacial score (nSPS) is 9.14. The average Bonchev–Trinajstić information content (AvgIpc) is 1.65. The molecule has 0 unspecified atom stereocenters. The minimum Gasteiger partial charge on any atom is -0.329 e. The number of hydrogen-bond acceptors (Lipinski definition) is 2. The number of hydrazine groups is 1. The summed E-state index contributed by atoms with van der Waals surface area (Å²) in [6, 6.07) is 0. The van der Waals surface area contributed by atoms with Gasteiger partial charge in [-0.3, -0.25) is 5.84 Å². The van der Waals surface area contributed by atoms with E-state index in [0.29, 0.717) is 5.92 Å². The molecular formula is C5H12N2. The van der Waals surface area contributed by atoms with E-state index >= 15 is 0 Å². The van der Waals surface area contributed by atoms with Gasteiger partial charge in [-0.2, -0.15) is 0 Å². The molecule has 42 valence electrons. The first-order valence-electron chi connectivity index (χ1n) is 2.34. The maximum Gasteiger partial charge on any atom is 0.0213 e. The van der Waals surface area contributed by atoms with E-state index in [2.05, 4.69) is 12.0 Å². The van der Waals surface area contributed by atoms with Gasteiger partial charge in [-0.25, -0.2) is 0 Å². The van der Waals surface area contributed by atoms with Crippen LogP contribution in [-0.4, -0.2) is 0 Å². The average molecular weight is 100 g/mol. The zero-order chi connectivity index (χ0) is 5.86. The van der Waals surface area contributed by atoms with Gasteiger partial charge in [0.2, 0.25) is 0 Å². The predicted octanol–water partition coefficient (Wildman–Crippen LogP) is 0.619. The summed E-state index contributed by atoms with van der Waals surface area (Å²) in [6.07, 6.45) is 0. The van der Waals surface area contributed by atoms with Crippen molar-refractivity contribution in [1.29, 1.82) is 0 Å². The minimum atomic E-state index is 0.435. The van der Waals surface area contributed by atoms with Gasteiger partial charge >= 0.3 is 0 Å². The van der Waals surface area contributed by atoms with Crippen LogP contribution in [0, 0.1) is 5.92 Å². The fourth-order valence-corrected chi connectivity index (χ4v) is 0.167. The van der Waals surface area contributed by atoms with Crippen LogP contribution in [0.15, 0.2) is 12.3 Å². The Balaban J connectivity index is 3.35. The number of hydrogen-bond donors (Lipinski definition) is 2. The zero-order valence-corrected chi connectivity index (χ0v) is 4.86. The van der Waals surface area contributed by atoms with Crippen molar-refractivity contribution in [3.05, 3.63) is 12.3 Å². The summed E-state index contributed by atoms with van der Waals surface area (Å²) in [5.41, 5.74) is 3.34. The summed E-state index contributed by atoms with van der Waals surface area (Å²) in [5.74, 6) is 5.46. The highest BCUT2D eigenvalue weighted by Crippen LogP contribution is 1.98. The van der Waals surface area contributed by atoms with Crippen molar-refractivity contribution in [1.82, 2.24) is 5.43 Å². The summed E-state index contributed by atoms with van der Waals surface area (Å²) in [5, 5.41) is 0. The first kappa shape index (κ1) is 6.50. The summed E-state index contributed by atoms with van der Waals surface area (Å²) < 4.78 is 0. The molecule has 2 nitrogen and oxygen atoms in total. The minimum absolute atomic E-state index is 0.435. The van der Waals surface area contributed by atoms with Gasteiger partial charge in [0, 0.05) is 5.70 Å². The van der Waals surface area contributed by atoms with Gasteiger partial charge in [0.1, 0.15) is 0 Å². The second-order valence-electron chi connectivity index (χ2n) is 1.82. The molecule has 0 saturated carbocycles. The molecule has 0 aromatic rings. The lowest BCUT2D eigenvalue weighted by molar-refractivity contribution is 0.676. The molecule has 0 heterocycles. The monoisotopic (exact) mass is 100 g/mol. The van der Waals surface area contributed by atoms with Crippen LogP contribution in [0.4, 0.5) is 0 Å². The lowest BCUT2D eigenvalue weighted by Gasteiger charge is -2.05. The number of allylic oxidation sites excluding steroid dienone is 1.